The molecule has 7 heteroatoms. The molecule has 1 rings (SSSR count). The predicted molar refractivity (Wildman–Crippen MR) is 76.9 cm³/mol. The van der Waals surface area contributed by atoms with E-state index in [1.54, 1.807) is 18.7 Å². The fraction of sp³-hybridized carbons (Fsp3) is 0.571. The zero-order valence-corrected chi connectivity index (χ0v) is 12.9. The molecule has 0 bridgehead atoms. The molecule has 0 saturated heterocycles. The van der Waals surface area contributed by atoms with Crippen LogP contribution in [0.5, 0.6) is 0 Å². The lowest BCUT2D eigenvalue weighted by atomic mass is 10.1. The standard InChI is InChI=1S/C14H21N3O4/c1-5-17(7-6-13(19)21-4)12(18)8-11-9(2)15-14(20)16-10(11)3/h5-8H2,1-4H3,(H,15,16,20). The SMILES string of the molecule is CCN(CCC(=O)OC)C(=O)Cc1c(C)nc(=O)[nH]c1C. The maximum atomic E-state index is 12.3. The third-order valence-electron chi connectivity index (χ3n) is 3.33. The van der Waals surface area contributed by atoms with E-state index < -0.39 is 5.69 Å². The van der Waals surface area contributed by atoms with Gasteiger partial charge in [-0.1, -0.05) is 0 Å². The molecule has 7 nitrogen and oxygen atoms in total. The number of esters is 1. The third kappa shape index (κ3) is 4.70. The average molecular weight is 295 g/mol. The van der Waals surface area contributed by atoms with Crippen molar-refractivity contribution >= 4 is 11.9 Å². The van der Waals surface area contributed by atoms with Gasteiger partial charge in [0.25, 0.3) is 0 Å². The summed E-state index contributed by atoms with van der Waals surface area (Å²) in [7, 11) is 1.32. The monoisotopic (exact) mass is 295 g/mol. The Morgan fingerprint density at radius 3 is 2.52 bits per heavy atom. The average Bonchev–Trinajstić information content (AvgIpc) is 2.43. The van der Waals surface area contributed by atoms with E-state index in [1.165, 1.54) is 7.11 Å². The molecule has 1 N–H and O–H groups in total. The van der Waals surface area contributed by atoms with E-state index in [-0.39, 0.29) is 24.7 Å². The van der Waals surface area contributed by atoms with Gasteiger partial charge in [0, 0.05) is 30.0 Å². The summed E-state index contributed by atoms with van der Waals surface area (Å²) in [5, 5.41) is 0. The number of hydrogen-bond acceptors (Lipinski definition) is 5. The van der Waals surface area contributed by atoms with Gasteiger partial charge in [-0.05, 0) is 20.8 Å². The molecule has 21 heavy (non-hydrogen) atoms. The van der Waals surface area contributed by atoms with Gasteiger partial charge >= 0.3 is 11.7 Å². The summed E-state index contributed by atoms with van der Waals surface area (Å²) in [6, 6.07) is 0. The molecular formula is C14H21N3O4. The van der Waals surface area contributed by atoms with Crippen molar-refractivity contribution in [2.24, 2.45) is 0 Å². The highest BCUT2D eigenvalue weighted by Crippen LogP contribution is 2.09. The van der Waals surface area contributed by atoms with Gasteiger partial charge in [0.15, 0.2) is 0 Å². The minimum absolute atomic E-state index is 0.110. The molecule has 0 spiro atoms. The molecule has 0 aliphatic heterocycles. The van der Waals surface area contributed by atoms with Gasteiger partial charge in [-0.15, -0.1) is 0 Å². The first kappa shape index (κ1) is 16.9. The topological polar surface area (TPSA) is 92.4 Å². The molecule has 0 saturated carbocycles. The lowest BCUT2D eigenvalue weighted by Gasteiger charge is -2.21. The van der Waals surface area contributed by atoms with Crippen LogP contribution in [0.1, 0.15) is 30.3 Å². The van der Waals surface area contributed by atoms with Gasteiger partial charge in [0.2, 0.25) is 5.91 Å². The van der Waals surface area contributed by atoms with E-state index in [0.29, 0.717) is 24.5 Å². The molecule has 1 amide bonds. The number of nitrogens with one attached hydrogen (secondary N) is 1. The number of ether oxygens (including phenoxy) is 1. The second-order valence-electron chi connectivity index (χ2n) is 4.71. The Labute approximate surface area is 123 Å². The Kier molecular flexibility index (Phi) is 6.08. The quantitative estimate of drug-likeness (QED) is 0.764. The van der Waals surface area contributed by atoms with E-state index in [0.717, 1.165) is 5.56 Å². The molecular weight excluding hydrogens is 274 g/mol. The Bertz CT molecular complexity index is 554. The first-order valence-corrected chi connectivity index (χ1v) is 6.80. The zero-order valence-electron chi connectivity index (χ0n) is 12.9. The maximum absolute atomic E-state index is 12.3. The van der Waals surface area contributed by atoms with Crippen LogP contribution in [-0.2, 0) is 20.7 Å². The number of nitrogens with zero attached hydrogens (tertiary/aromatic N) is 2. The van der Waals surface area contributed by atoms with Gasteiger partial charge in [0.05, 0.1) is 20.0 Å². The number of aromatic nitrogens is 2. The molecule has 0 atom stereocenters. The van der Waals surface area contributed by atoms with Crippen LogP contribution < -0.4 is 5.69 Å². The first-order valence-electron chi connectivity index (χ1n) is 6.80. The van der Waals surface area contributed by atoms with E-state index >= 15 is 0 Å². The van der Waals surface area contributed by atoms with Crippen LogP contribution in [0, 0.1) is 13.8 Å². The number of hydrogen-bond donors (Lipinski definition) is 1. The fourth-order valence-electron chi connectivity index (χ4n) is 2.07. The fourth-order valence-corrected chi connectivity index (χ4v) is 2.07. The van der Waals surface area contributed by atoms with Crippen LogP contribution >= 0.6 is 0 Å². The summed E-state index contributed by atoms with van der Waals surface area (Å²) in [6.45, 7) is 6.11. The van der Waals surface area contributed by atoms with Crippen molar-refractivity contribution in [3.8, 4) is 0 Å². The number of amides is 1. The molecule has 116 valence electrons. The highest BCUT2D eigenvalue weighted by Gasteiger charge is 2.17. The van der Waals surface area contributed by atoms with Crippen molar-refractivity contribution in [3.63, 3.8) is 0 Å². The molecule has 1 heterocycles. The van der Waals surface area contributed by atoms with E-state index in [2.05, 4.69) is 14.7 Å². The van der Waals surface area contributed by atoms with Crippen LogP contribution in [0.2, 0.25) is 0 Å². The lowest BCUT2D eigenvalue weighted by molar-refractivity contribution is -0.141. The number of carbonyl (C=O) groups excluding carboxylic acids is 2. The van der Waals surface area contributed by atoms with Gasteiger partial charge < -0.3 is 14.6 Å². The second-order valence-corrected chi connectivity index (χ2v) is 4.71. The summed E-state index contributed by atoms with van der Waals surface area (Å²) < 4.78 is 4.57. The van der Waals surface area contributed by atoms with Crippen molar-refractivity contribution in [2.75, 3.05) is 20.2 Å². The van der Waals surface area contributed by atoms with Crippen LogP contribution in [-0.4, -0.2) is 46.9 Å². The van der Waals surface area contributed by atoms with Gasteiger partial charge in [0.1, 0.15) is 0 Å². The molecule has 0 radical (unpaired) electrons. The van der Waals surface area contributed by atoms with Crippen molar-refractivity contribution in [2.45, 2.75) is 33.6 Å². The molecule has 1 aromatic heterocycles. The summed E-state index contributed by atoms with van der Waals surface area (Å²) in [5.41, 5.74) is 1.49. The number of likely N-dealkylation sites (N-methyl/N-ethyl adjacent to an activating group) is 1. The highest BCUT2D eigenvalue weighted by atomic mass is 16.5. The summed E-state index contributed by atoms with van der Waals surface area (Å²) in [6.07, 6.45) is 0.314. The van der Waals surface area contributed by atoms with Crippen molar-refractivity contribution in [3.05, 3.63) is 27.4 Å². The Morgan fingerprint density at radius 2 is 2.00 bits per heavy atom. The van der Waals surface area contributed by atoms with Gasteiger partial charge in [-0.25, -0.2) is 4.79 Å². The van der Waals surface area contributed by atoms with Gasteiger partial charge in [-0.3, -0.25) is 9.59 Å². The van der Waals surface area contributed by atoms with Crippen molar-refractivity contribution < 1.29 is 14.3 Å². The number of carbonyl (C=O) groups is 2. The molecule has 0 aliphatic rings. The Hall–Kier alpha value is -2.18. The zero-order chi connectivity index (χ0) is 16.0. The van der Waals surface area contributed by atoms with Crippen molar-refractivity contribution in [1.82, 2.24) is 14.9 Å². The minimum atomic E-state index is -0.417. The molecule has 1 aromatic rings. The number of methoxy groups -OCH3 is 1. The van der Waals surface area contributed by atoms with Crippen LogP contribution in [0.4, 0.5) is 0 Å². The van der Waals surface area contributed by atoms with Crippen LogP contribution in [0.3, 0.4) is 0 Å². The minimum Gasteiger partial charge on any atom is -0.469 e. The van der Waals surface area contributed by atoms with Crippen LogP contribution in [0.15, 0.2) is 4.79 Å². The molecule has 0 aliphatic carbocycles. The normalized spacial score (nSPS) is 10.3. The molecule has 0 unspecified atom stereocenters. The maximum Gasteiger partial charge on any atom is 0.345 e. The summed E-state index contributed by atoms with van der Waals surface area (Å²) >= 11 is 0. The number of aryl methyl sites for hydroxylation is 2. The molecule has 0 fully saturated rings. The van der Waals surface area contributed by atoms with E-state index in [1.807, 2.05) is 6.92 Å². The largest absolute Gasteiger partial charge is 0.469 e. The van der Waals surface area contributed by atoms with E-state index in [4.69, 9.17) is 0 Å². The second kappa shape index (κ2) is 7.56. The first-order chi connectivity index (χ1) is 9.88. The van der Waals surface area contributed by atoms with Crippen LogP contribution in [0.25, 0.3) is 0 Å². The smallest absolute Gasteiger partial charge is 0.345 e. The third-order valence-corrected chi connectivity index (χ3v) is 3.33. The predicted octanol–water partition coefficient (Wildman–Crippen LogP) is 0.341. The number of rotatable bonds is 6. The summed E-state index contributed by atoms with van der Waals surface area (Å²) in [5.74, 6) is -0.458. The Morgan fingerprint density at radius 1 is 1.33 bits per heavy atom. The number of aromatic amines is 1. The lowest BCUT2D eigenvalue weighted by Crippen LogP contribution is -2.34. The molecule has 0 aromatic carbocycles. The number of H-pyrrole nitrogens is 1. The van der Waals surface area contributed by atoms with Crippen molar-refractivity contribution in [1.29, 1.82) is 0 Å². The van der Waals surface area contributed by atoms with E-state index in [9.17, 15) is 14.4 Å². The highest BCUT2D eigenvalue weighted by molar-refractivity contribution is 5.80. The Balaban J connectivity index is 2.79. The van der Waals surface area contributed by atoms with Gasteiger partial charge in [-0.2, -0.15) is 4.98 Å². The summed E-state index contributed by atoms with van der Waals surface area (Å²) in [4.78, 5) is 42.7.